The molecule has 2 heterocycles. The molecule has 0 radical (unpaired) electrons. The zero-order valence-corrected chi connectivity index (χ0v) is 24.8. The fourth-order valence-electron chi connectivity index (χ4n) is 7.44. The van der Waals surface area contributed by atoms with Crippen LogP contribution in [-0.4, -0.2) is 27.3 Å². The number of rotatable bonds is 0. The summed E-state index contributed by atoms with van der Waals surface area (Å²) in [5, 5.41) is 1.29. The summed E-state index contributed by atoms with van der Waals surface area (Å²) in [7, 11) is 1.99. The molecule has 0 aromatic carbocycles. The topological polar surface area (TPSA) is 20.3 Å². The first-order valence-electron chi connectivity index (χ1n) is 15.3. The van der Waals surface area contributed by atoms with Crippen molar-refractivity contribution in [2.24, 2.45) is 11.8 Å². The van der Waals surface area contributed by atoms with Gasteiger partial charge in [0.15, 0.2) is 0 Å². The van der Waals surface area contributed by atoms with Crippen LogP contribution in [-0.2, 0) is 4.79 Å². The zero-order chi connectivity index (χ0) is 24.7. The highest BCUT2D eigenvalue weighted by molar-refractivity contribution is 8.09. The number of hydrogen-bond acceptors (Lipinski definition) is 3. The monoisotopic (exact) mass is 519 g/mol. The number of thioether (sulfide) groups is 2. The van der Waals surface area contributed by atoms with E-state index in [1.165, 1.54) is 140 Å². The average Bonchev–Trinajstić information content (AvgIpc) is 2.93. The number of amides is 1. The maximum Gasteiger partial charge on any atom is 0.267 e. The Labute approximate surface area is 225 Å². The first kappa shape index (κ1) is 27.9. The molecule has 2 nitrogen and oxygen atoms in total. The second kappa shape index (κ2) is 13.1. The van der Waals surface area contributed by atoms with Crippen LogP contribution in [0.15, 0.2) is 9.93 Å². The molecule has 4 heteroatoms. The number of nitrogens with zero attached hydrogens (tertiary/aromatic N) is 1. The lowest BCUT2D eigenvalue weighted by molar-refractivity contribution is -0.125. The molecule has 2 aliphatic heterocycles. The molecule has 4 unspecified atom stereocenters. The molecule has 1 amide bonds. The van der Waals surface area contributed by atoms with E-state index < -0.39 is 0 Å². The van der Waals surface area contributed by atoms with E-state index in [4.69, 9.17) is 0 Å². The summed E-state index contributed by atoms with van der Waals surface area (Å²) in [6.07, 6.45) is 29.9. The van der Waals surface area contributed by atoms with Crippen LogP contribution in [0.4, 0.5) is 0 Å². The van der Waals surface area contributed by atoms with Gasteiger partial charge in [-0.1, -0.05) is 109 Å². The Hall–Kier alpha value is -0.0900. The van der Waals surface area contributed by atoms with Crippen molar-refractivity contribution in [1.29, 1.82) is 0 Å². The SMILES string of the molecule is CN1C(=O)C2=C1SC1(C)CC(C)(S2)C2CCCCCCCCCCCCCCCCCCCC1C2. The minimum Gasteiger partial charge on any atom is -0.304 e. The van der Waals surface area contributed by atoms with Gasteiger partial charge in [0.2, 0.25) is 0 Å². The van der Waals surface area contributed by atoms with Crippen molar-refractivity contribution in [2.75, 3.05) is 7.05 Å². The van der Waals surface area contributed by atoms with Crippen molar-refractivity contribution in [2.45, 2.75) is 158 Å². The Morgan fingerprint density at radius 1 is 0.629 bits per heavy atom. The molecule has 200 valence electrons. The molecule has 0 spiro atoms. The van der Waals surface area contributed by atoms with Crippen LogP contribution in [0.1, 0.15) is 149 Å². The third kappa shape index (κ3) is 7.06. The van der Waals surface area contributed by atoms with Crippen LogP contribution >= 0.6 is 23.5 Å². The predicted molar refractivity (Wildman–Crippen MR) is 156 cm³/mol. The molecule has 35 heavy (non-hydrogen) atoms. The Morgan fingerprint density at radius 2 is 1.00 bits per heavy atom. The summed E-state index contributed by atoms with van der Waals surface area (Å²) < 4.78 is 0.498. The molecule has 4 aliphatic rings. The lowest BCUT2D eigenvalue weighted by Crippen LogP contribution is -2.49. The molecule has 2 aliphatic carbocycles. The lowest BCUT2D eigenvalue weighted by atomic mass is 9.65. The third-order valence-electron chi connectivity index (χ3n) is 9.77. The normalized spacial score (nSPS) is 37.3. The number of fused-ring (bicyclic) bond motifs is 6. The van der Waals surface area contributed by atoms with Crippen molar-refractivity contribution in [3.63, 3.8) is 0 Å². The first-order chi connectivity index (χ1) is 16.9. The molecule has 0 saturated heterocycles. The summed E-state index contributed by atoms with van der Waals surface area (Å²) in [5.74, 6) is 1.82. The largest absolute Gasteiger partial charge is 0.304 e. The summed E-state index contributed by atoms with van der Waals surface area (Å²) in [6, 6.07) is 0. The number of carbonyl (C=O) groups is 1. The van der Waals surface area contributed by atoms with E-state index in [0.29, 0.717) is 0 Å². The Balaban J connectivity index is 1.40. The minimum absolute atomic E-state index is 0.222. The van der Waals surface area contributed by atoms with E-state index in [1.807, 2.05) is 23.7 Å². The van der Waals surface area contributed by atoms with E-state index >= 15 is 0 Å². The van der Waals surface area contributed by atoms with Crippen LogP contribution < -0.4 is 0 Å². The fraction of sp³-hybridized carbons (Fsp3) is 0.903. The van der Waals surface area contributed by atoms with Gasteiger partial charge >= 0.3 is 0 Å². The van der Waals surface area contributed by atoms with Gasteiger partial charge in [-0.25, -0.2) is 0 Å². The summed E-state index contributed by atoms with van der Waals surface area (Å²) >= 11 is 4.04. The molecule has 4 atom stereocenters. The number of hydrogen-bond donors (Lipinski definition) is 0. The van der Waals surface area contributed by atoms with Crippen molar-refractivity contribution >= 4 is 29.4 Å². The Morgan fingerprint density at radius 3 is 1.43 bits per heavy atom. The Kier molecular flexibility index (Phi) is 10.5. The van der Waals surface area contributed by atoms with Crippen LogP contribution in [0.3, 0.4) is 0 Å². The second-order valence-electron chi connectivity index (χ2n) is 12.7. The molecule has 4 bridgehead atoms. The highest BCUT2D eigenvalue weighted by Gasteiger charge is 2.57. The van der Waals surface area contributed by atoms with E-state index in [1.54, 1.807) is 0 Å². The van der Waals surface area contributed by atoms with Gasteiger partial charge in [-0.2, -0.15) is 0 Å². The molecule has 0 N–H and O–H groups in total. The summed E-state index contributed by atoms with van der Waals surface area (Å²) in [4.78, 5) is 15.8. The van der Waals surface area contributed by atoms with Gasteiger partial charge in [0, 0.05) is 16.5 Å². The molecule has 2 saturated carbocycles. The van der Waals surface area contributed by atoms with Gasteiger partial charge in [-0.15, -0.1) is 23.5 Å². The van der Waals surface area contributed by atoms with Crippen LogP contribution in [0.25, 0.3) is 0 Å². The van der Waals surface area contributed by atoms with Crippen LogP contribution in [0.5, 0.6) is 0 Å². The maximum absolute atomic E-state index is 12.7. The quantitative estimate of drug-likeness (QED) is 0.317. The molecular formula is C31H53NOS2. The van der Waals surface area contributed by atoms with Crippen molar-refractivity contribution in [3.8, 4) is 0 Å². The summed E-state index contributed by atoms with van der Waals surface area (Å²) in [6.45, 7) is 5.07. The van der Waals surface area contributed by atoms with Gasteiger partial charge in [0.25, 0.3) is 5.91 Å². The highest BCUT2D eigenvalue weighted by Crippen LogP contribution is 2.65. The van der Waals surface area contributed by atoms with E-state index in [2.05, 4.69) is 25.6 Å². The molecule has 4 rings (SSSR count). The fourth-order valence-corrected chi connectivity index (χ4v) is 11.0. The predicted octanol–water partition coefficient (Wildman–Crippen LogP) is 10.1. The van der Waals surface area contributed by atoms with Crippen molar-refractivity contribution in [1.82, 2.24) is 4.90 Å². The highest BCUT2D eigenvalue weighted by atomic mass is 32.2. The van der Waals surface area contributed by atoms with Crippen LogP contribution in [0.2, 0.25) is 0 Å². The van der Waals surface area contributed by atoms with Gasteiger partial charge in [-0.3, -0.25) is 4.79 Å². The molecule has 0 aromatic heterocycles. The van der Waals surface area contributed by atoms with Gasteiger partial charge in [-0.05, 0) is 51.4 Å². The standard InChI is InChI=1S/C31H53NOS2/c1-30-24-31(2,35-29-27(34-30)28(33)32(29)3)26-22-20-18-16-14-12-10-8-6-4-5-7-9-11-13-15-17-19-21-25(30)23-26/h25-26H,4-24H2,1-3H3. The Bertz CT molecular complexity index is 735. The van der Waals surface area contributed by atoms with E-state index in [9.17, 15) is 4.79 Å². The van der Waals surface area contributed by atoms with E-state index in [0.717, 1.165) is 16.7 Å². The maximum atomic E-state index is 12.7. The number of carbonyl (C=O) groups excluding carboxylic acids is 1. The molecule has 0 aromatic rings. The summed E-state index contributed by atoms with van der Waals surface area (Å²) in [5.41, 5.74) is 0. The zero-order valence-electron chi connectivity index (χ0n) is 23.2. The second-order valence-corrected chi connectivity index (χ2v) is 15.8. The molecular weight excluding hydrogens is 466 g/mol. The molecule has 2 fully saturated rings. The smallest absolute Gasteiger partial charge is 0.267 e. The van der Waals surface area contributed by atoms with Crippen molar-refractivity contribution in [3.05, 3.63) is 9.93 Å². The van der Waals surface area contributed by atoms with Crippen molar-refractivity contribution < 1.29 is 4.79 Å². The third-order valence-corrected chi connectivity index (χ3v) is 13.0. The van der Waals surface area contributed by atoms with Crippen LogP contribution in [0, 0.1) is 11.8 Å². The first-order valence-corrected chi connectivity index (χ1v) is 17.0. The lowest BCUT2D eigenvalue weighted by Gasteiger charge is -2.52. The van der Waals surface area contributed by atoms with Gasteiger partial charge in [0.05, 0.1) is 5.03 Å². The van der Waals surface area contributed by atoms with Gasteiger partial charge in [0.1, 0.15) is 4.91 Å². The number of likely N-dealkylation sites (N-methyl/N-ethyl adjacent to an activating group) is 1. The van der Waals surface area contributed by atoms with E-state index in [-0.39, 0.29) is 15.4 Å². The van der Waals surface area contributed by atoms with Gasteiger partial charge < -0.3 is 4.90 Å². The average molecular weight is 520 g/mol. The minimum atomic E-state index is 0.222.